The molecule has 0 aliphatic carbocycles. The molecule has 5 heteroatoms. The van der Waals surface area contributed by atoms with Crippen LogP contribution in [0.25, 0.3) is 5.69 Å². The molecule has 0 radical (unpaired) electrons. The van der Waals surface area contributed by atoms with Gasteiger partial charge in [0.1, 0.15) is 11.4 Å². The van der Waals surface area contributed by atoms with E-state index in [1.54, 1.807) is 0 Å². The first-order valence-electron chi connectivity index (χ1n) is 7.63. The topological polar surface area (TPSA) is 67.2 Å². The largest absolute Gasteiger partial charge is 0.506 e. The lowest BCUT2D eigenvalue weighted by atomic mass is 10.1. The third-order valence-electron chi connectivity index (χ3n) is 3.44. The Morgan fingerprint density at radius 2 is 1.86 bits per heavy atom. The fourth-order valence-corrected chi connectivity index (χ4v) is 2.38. The molecule has 0 saturated carbocycles. The van der Waals surface area contributed by atoms with E-state index in [-0.39, 0.29) is 11.3 Å². The van der Waals surface area contributed by atoms with Gasteiger partial charge in [-0.15, -0.1) is 0 Å². The Kier molecular flexibility index (Phi) is 5.33. The molecule has 2 aromatic rings. The maximum absolute atomic E-state index is 12.1. The zero-order chi connectivity index (χ0) is 16.1. The zero-order valence-corrected chi connectivity index (χ0v) is 13.4. The number of unbranched alkanes of at least 4 members (excludes halogenated alkanes) is 1. The van der Waals surface area contributed by atoms with Crippen LogP contribution in [0.2, 0.25) is 0 Å². The zero-order valence-electron chi connectivity index (χ0n) is 13.4. The maximum atomic E-state index is 12.1. The van der Waals surface area contributed by atoms with Gasteiger partial charge in [-0.05, 0) is 50.1 Å². The molecule has 0 unspecified atom stereocenters. The van der Waals surface area contributed by atoms with Gasteiger partial charge in [0.15, 0.2) is 0 Å². The molecule has 0 saturated heterocycles. The van der Waals surface area contributed by atoms with Crippen molar-refractivity contribution in [3.63, 3.8) is 0 Å². The second-order valence-electron chi connectivity index (χ2n) is 5.60. The Bertz CT molecular complexity index is 687. The third-order valence-corrected chi connectivity index (χ3v) is 3.44. The van der Waals surface area contributed by atoms with Crippen LogP contribution in [0.4, 0.5) is 0 Å². The van der Waals surface area contributed by atoms with E-state index in [0.717, 1.165) is 36.2 Å². The van der Waals surface area contributed by atoms with Gasteiger partial charge in [-0.1, -0.05) is 19.4 Å². The van der Waals surface area contributed by atoms with Gasteiger partial charge in [0.25, 0.3) is 5.56 Å². The van der Waals surface area contributed by atoms with Crippen molar-refractivity contribution >= 4 is 0 Å². The standard InChI is InChI=1S/C17H23N3O2/c1-4-5-6-18-11-15-16(21)10-17(22)20(19-15)14-8-12(2)7-13(3)9-14/h7-10,18,21H,4-6,11H2,1-3H3. The van der Waals surface area contributed by atoms with Crippen LogP contribution in [0.5, 0.6) is 5.75 Å². The summed E-state index contributed by atoms with van der Waals surface area (Å²) in [4.78, 5) is 12.1. The Hall–Kier alpha value is -2.14. The second-order valence-corrected chi connectivity index (χ2v) is 5.60. The van der Waals surface area contributed by atoms with E-state index < -0.39 is 0 Å². The van der Waals surface area contributed by atoms with Crippen molar-refractivity contribution in [2.75, 3.05) is 6.54 Å². The average Bonchev–Trinajstić information content (AvgIpc) is 2.44. The predicted molar refractivity (Wildman–Crippen MR) is 87.6 cm³/mol. The highest BCUT2D eigenvalue weighted by Crippen LogP contribution is 2.15. The van der Waals surface area contributed by atoms with Crippen LogP contribution in [0.1, 0.15) is 36.6 Å². The van der Waals surface area contributed by atoms with E-state index in [0.29, 0.717) is 12.2 Å². The predicted octanol–water partition coefficient (Wildman–Crippen LogP) is 2.44. The van der Waals surface area contributed by atoms with E-state index in [1.165, 1.54) is 10.7 Å². The number of aromatic nitrogens is 2. The van der Waals surface area contributed by atoms with Crippen LogP contribution >= 0.6 is 0 Å². The third kappa shape index (κ3) is 3.95. The molecule has 1 aromatic carbocycles. The van der Waals surface area contributed by atoms with Gasteiger partial charge in [0, 0.05) is 12.6 Å². The van der Waals surface area contributed by atoms with E-state index in [1.807, 2.05) is 32.0 Å². The Morgan fingerprint density at radius 1 is 1.18 bits per heavy atom. The number of benzene rings is 1. The minimum atomic E-state index is -0.334. The average molecular weight is 301 g/mol. The van der Waals surface area contributed by atoms with Crippen molar-refractivity contribution in [2.24, 2.45) is 0 Å². The number of aryl methyl sites for hydroxylation is 2. The smallest absolute Gasteiger partial charge is 0.275 e. The summed E-state index contributed by atoms with van der Waals surface area (Å²) in [5, 5.41) is 17.5. The molecule has 0 bridgehead atoms. The van der Waals surface area contributed by atoms with Crippen LogP contribution in [-0.2, 0) is 6.54 Å². The molecule has 0 aliphatic rings. The Labute approximate surface area is 130 Å². The van der Waals surface area contributed by atoms with Crippen LogP contribution in [0.15, 0.2) is 29.1 Å². The van der Waals surface area contributed by atoms with Crippen molar-refractivity contribution in [1.82, 2.24) is 15.1 Å². The van der Waals surface area contributed by atoms with Gasteiger partial charge < -0.3 is 10.4 Å². The molecule has 0 fully saturated rings. The summed E-state index contributed by atoms with van der Waals surface area (Å²) in [6, 6.07) is 7.09. The molecular formula is C17H23N3O2. The first kappa shape index (κ1) is 16.2. The highest BCUT2D eigenvalue weighted by atomic mass is 16.3. The molecular weight excluding hydrogens is 278 g/mol. The molecule has 5 nitrogen and oxygen atoms in total. The maximum Gasteiger partial charge on any atom is 0.275 e. The second kappa shape index (κ2) is 7.22. The van der Waals surface area contributed by atoms with Gasteiger partial charge in [-0.3, -0.25) is 4.79 Å². The van der Waals surface area contributed by atoms with Crippen molar-refractivity contribution in [3.8, 4) is 11.4 Å². The highest BCUT2D eigenvalue weighted by Gasteiger charge is 2.10. The molecule has 0 atom stereocenters. The summed E-state index contributed by atoms with van der Waals surface area (Å²) in [5.41, 5.74) is 3.01. The molecule has 22 heavy (non-hydrogen) atoms. The Balaban J connectivity index is 2.33. The van der Waals surface area contributed by atoms with Gasteiger partial charge in [-0.2, -0.15) is 9.78 Å². The monoisotopic (exact) mass is 301 g/mol. The number of nitrogens with zero attached hydrogens (tertiary/aromatic N) is 2. The van der Waals surface area contributed by atoms with Gasteiger partial charge >= 0.3 is 0 Å². The van der Waals surface area contributed by atoms with E-state index in [4.69, 9.17) is 0 Å². The lowest BCUT2D eigenvalue weighted by Crippen LogP contribution is -2.24. The van der Waals surface area contributed by atoms with E-state index in [2.05, 4.69) is 17.3 Å². The summed E-state index contributed by atoms with van der Waals surface area (Å²) in [5.74, 6) is -0.0605. The normalized spacial score (nSPS) is 10.9. The van der Waals surface area contributed by atoms with E-state index in [9.17, 15) is 9.90 Å². The first-order valence-corrected chi connectivity index (χ1v) is 7.63. The van der Waals surface area contributed by atoms with Crippen LogP contribution in [0.3, 0.4) is 0 Å². The van der Waals surface area contributed by atoms with Gasteiger partial charge in [0.05, 0.1) is 5.69 Å². The molecule has 0 amide bonds. The number of aromatic hydroxyl groups is 1. The molecule has 118 valence electrons. The first-order chi connectivity index (χ1) is 10.5. The fourth-order valence-electron chi connectivity index (χ4n) is 2.38. The number of nitrogens with one attached hydrogen (secondary N) is 1. The van der Waals surface area contributed by atoms with Crippen molar-refractivity contribution < 1.29 is 5.11 Å². The van der Waals surface area contributed by atoms with Gasteiger partial charge in [0.2, 0.25) is 0 Å². The summed E-state index contributed by atoms with van der Waals surface area (Å²) in [7, 11) is 0. The molecule has 2 rings (SSSR count). The number of hydrogen-bond donors (Lipinski definition) is 2. The molecule has 1 aromatic heterocycles. The highest BCUT2D eigenvalue weighted by molar-refractivity contribution is 5.39. The van der Waals surface area contributed by atoms with Crippen LogP contribution in [-0.4, -0.2) is 21.4 Å². The molecule has 0 spiro atoms. The Morgan fingerprint density at radius 3 is 2.50 bits per heavy atom. The lowest BCUT2D eigenvalue weighted by molar-refractivity contribution is 0.451. The summed E-state index contributed by atoms with van der Waals surface area (Å²) in [6.07, 6.45) is 2.17. The summed E-state index contributed by atoms with van der Waals surface area (Å²) >= 11 is 0. The SMILES string of the molecule is CCCCNCc1nn(-c2cc(C)cc(C)c2)c(=O)cc1O. The van der Waals surface area contributed by atoms with Crippen molar-refractivity contribution in [3.05, 3.63) is 51.4 Å². The molecule has 1 heterocycles. The fraction of sp³-hybridized carbons (Fsp3) is 0.412. The minimum Gasteiger partial charge on any atom is -0.506 e. The number of hydrogen-bond acceptors (Lipinski definition) is 4. The van der Waals surface area contributed by atoms with Gasteiger partial charge in [-0.25, -0.2) is 0 Å². The van der Waals surface area contributed by atoms with Crippen molar-refractivity contribution in [1.29, 1.82) is 0 Å². The minimum absolute atomic E-state index is 0.0605. The summed E-state index contributed by atoms with van der Waals surface area (Å²) in [6.45, 7) is 7.39. The van der Waals surface area contributed by atoms with Crippen molar-refractivity contribution in [2.45, 2.75) is 40.2 Å². The molecule has 0 aliphatic heterocycles. The number of rotatable bonds is 6. The quantitative estimate of drug-likeness (QED) is 0.804. The van der Waals surface area contributed by atoms with Crippen LogP contribution < -0.4 is 10.9 Å². The molecule has 2 N–H and O–H groups in total. The summed E-state index contributed by atoms with van der Waals surface area (Å²) < 4.78 is 1.34. The van der Waals surface area contributed by atoms with Crippen LogP contribution in [0, 0.1) is 13.8 Å². The van der Waals surface area contributed by atoms with E-state index >= 15 is 0 Å². The lowest BCUT2D eigenvalue weighted by Gasteiger charge is -2.11.